The van der Waals surface area contributed by atoms with Crippen LogP contribution in [0.4, 0.5) is 0 Å². The van der Waals surface area contributed by atoms with Gasteiger partial charge in [0, 0.05) is 5.56 Å². The Labute approximate surface area is 113 Å². The number of Topliss-reactive ketones (excluding diaryl/α,β-unsaturated/α-hetero) is 1. The van der Waals surface area contributed by atoms with Crippen molar-refractivity contribution in [2.75, 3.05) is 0 Å². The van der Waals surface area contributed by atoms with Crippen molar-refractivity contribution >= 4 is 11.8 Å². The van der Waals surface area contributed by atoms with Crippen molar-refractivity contribution in [3.8, 4) is 0 Å². The van der Waals surface area contributed by atoms with E-state index >= 15 is 0 Å². The Hall–Kier alpha value is -1.64. The summed E-state index contributed by atoms with van der Waals surface area (Å²) in [4.78, 5) is 23.6. The average Bonchev–Trinajstić information content (AvgIpc) is 2.37. The molecule has 1 atom stereocenters. The second-order valence-corrected chi connectivity index (χ2v) is 5.61. The van der Waals surface area contributed by atoms with Crippen LogP contribution in [0.1, 0.15) is 48.2 Å². The van der Waals surface area contributed by atoms with Crippen LogP contribution in [0.15, 0.2) is 18.2 Å². The van der Waals surface area contributed by atoms with E-state index in [0.717, 1.165) is 19.3 Å². The Kier molecular flexibility index (Phi) is 4.03. The van der Waals surface area contributed by atoms with Gasteiger partial charge in [-0.3, -0.25) is 9.59 Å². The van der Waals surface area contributed by atoms with Crippen LogP contribution in [-0.4, -0.2) is 16.9 Å². The first-order valence-corrected chi connectivity index (χ1v) is 6.89. The number of ketones is 1. The molecular weight excluding hydrogens is 240 g/mol. The molecule has 0 radical (unpaired) electrons. The molecule has 1 N–H and O–H groups in total. The summed E-state index contributed by atoms with van der Waals surface area (Å²) in [7, 11) is 0. The molecule has 1 unspecified atom stereocenters. The second kappa shape index (κ2) is 5.55. The fourth-order valence-electron chi connectivity index (χ4n) is 2.77. The fraction of sp³-hybridized carbons (Fsp3) is 0.500. The van der Waals surface area contributed by atoms with Crippen LogP contribution in [0.3, 0.4) is 0 Å². The van der Waals surface area contributed by atoms with E-state index in [4.69, 9.17) is 0 Å². The molecule has 0 bridgehead atoms. The van der Waals surface area contributed by atoms with Crippen LogP contribution in [0, 0.1) is 11.8 Å². The predicted molar refractivity (Wildman–Crippen MR) is 73.4 cm³/mol. The molecule has 1 aromatic carbocycles. The zero-order valence-electron chi connectivity index (χ0n) is 11.5. The van der Waals surface area contributed by atoms with Crippen molar-refractivity contribution in [1.82, 2.24) is 0 Å². The van der Waals surface area contributed by atoms with Gasteiger partial charge in [-0.2, -0.15) is 0 Å². The van der Waals surface area contributed by atoms with E-state index in [9.17, 15) is 14.7 Å². The Morgan fingerprint density at radius 2 is 1.74 bits per heavy atom. The number of carbonyl (C=O) groups is 2. The van der Waals surface area contributed by atoms with Crippen molar-refractivity contribution < 1.29 is 14.7 Å². The van der Waals surface area contributed by atoms with E-state index in [2.05, 4.69) is 0 Å². The van der Waals surface area contributed by atoms with Gasteiger partial charge in [0.05, 0.1) is 0 Å². The van der Waals surface area contributed by atoms with Gasteiger partial charge in [0.2, 0.25) is 0 Å². The van der Waals surface area contributed by atoms with Crippen molar-refractivity contribution in [3.05, 3.63) is 34.9 Å². The predicted octanol–water partition coefficient (Wildman–Crippen LogP) is 3.10. The normalized spacial score (nSPS) is 15.9. The van der Waals surface area contributed by atoms with E-state index in [1.807, 2.05) is 12.1 Å². The van der Waals surface area contributed by atoms with Gasteiger partial charge in [0.25, 0.3) is 0 Å². The van der Waals surface area contributed by atoms with Gasteiger partial charge in [-0.1, -0.05) is 26.0 Å². The summed E-state index contributed by atoms with van der Waals surface area (Å²) in [6.07, 6.45) is 4.41. The lowest BCUT2D eigenvalue weighted by Gasteiger charge is -2.19. The van der Waals surface area contributed by atoms with Gasteiger partial charge in [0.15, 0.2) is 5.78 Å². The number of hydrogen-bond donors (Lipinski definition) is 1. The molecule has 102 valence electrons. The highest BCUT2D eigenvalue weighted by molar-refractivity contribution is 6.08. The van der Waals surface area contributed by atoms with Crippen molar-refractivity contribution in [2.24, 2.45) is 11.8 Å². The number of carboxylic acid groups (broad SMARTS) is 1. The van der Waals surface area contributed by atoms with Crippen molar-refractivity contribution in [1.29, 1.82) is 0 Å². The highest BCUT2D eigenvalue weighted by atomic mass is 16.4. The summed E-state index contributed by atoms with van der Waals surface area (Å²) < 4.78 is 0. The molecule has 0 fully saturated rings. The summed E-state index contributed by atoms with van der Waals surface area (Å²) in [5.41, 5.74) is 3.06. The number of hydrogen-bond acceptors (Lipinski definition) is 2. The maximum atomic E-state index is 12.3. The van der Waals surface area contributed by atoms with E-state index < -0.39 is 11.9 Å². The zero-order valence-corrected chi connectivity index (χ0v) is 11.5. The number of rotatable bonds is 4. The van der Waals surface area contributed by atoms with Gasteiger partial charge in [-0.25, -0.2) is 0 Å². The van der Waals surface area contributed by atoms with E-state index in [1.165, 1.54) is 17.5 Å². The quantitative estimate of drug-likeness (QED) is 0.668. The Morgan fingerprint density at radius 1 is 1.11 bits per heavy atom. The molecule has 2 rings (SSSR count). The molecular formula is C16H20O3. The summed E-state index contributed by atoms with van der Waals surface area (Å²) >= 11 is 0. The van der Waals surface area contributed by atoms with E-state index in [-0.39, 0.29) is 11.7 Å². The molecule has 0 heterocycles. The van der Waals surface area contributed by atoms with Crippen molar-refractivity contribution in [2.45, 2.75) is 39.5 Å². The van der Waals surface area contributed by atoms with Gasteiger partial charge in [-0.15, -0.1) is 0 Å². The molecule has 3 heteroatoms. The molecule has 0 spiro atoms. The number of fused-ring (bicyclic) bond motifs is 1. The van der Waals surface area contributed by atoms with E-state index in [1.54, 1.807) is 19.9 Å². The summed E-state index contributed by atoms with van der Waals surface area (Å²) in [6.45, 7) is 3.55. The second-order valence-electron chi connectivity index (χ2n) is 5.61. The first kappa shape index (κ1) is 13.8. The largest absolute Gasteiger partial charge is 0.481 e. The number of benzene rings is 1. The van der Waals surface area contributed by atoms with Gasteiger partial charge >= 0.3 is 5.97 Å². The number of carbonyl (C=O) groups excluding carboxylic acids is 1. The first-order valence-electron chi connectivity index (χ1n) is 6.89. The molecule has 0 saturated heterocycles. The lowest BCUT2D eigenvalue weighted by molar-refractivity contribution is -0.141. The van der Waals surface area contributed by atoms with Gasteiger partial charge in [-0.05, 0) is 48.8 Å². The molecule has 1 aliphatic carbocycles. The van der Waals surface area contributed by atoms with Crippen molar-refractivity contribution in [3.63, 3.8) is 0 Å². The van der Waals surface area contributed by atoms with Crippen LogP contribution in [-0.2, 0) is 17.6 Å². The maximum Gasteiger partial charge on any atom is 0.314 e. The van der Waals surface area contributed by atoms with Crippen LogP contribution < -0.4 is 0 Å². The smallest absolute Gasteiger partial charge is 0.314 e. The topological polar surface area (TPSA) is 54.4 Å². The highest BCUT2D eigenvalue weighted by Gasteiger charge is 2.30. The standard InChI is InChI=1S/C16H20O3/c1-10(2)14(16(18)19)15(17)13-8-7-11-5-3-4-6-12(11)9-13/h7-10,14H,3-6H2,1-2H3,(H,18,19). The molecule has 19 heavy (non-hydrogen) atoms. The van der Waals surface area contributed by atoms with E-state index in [0.29, 0.717) is 5.56 Å². The molecule has 0 aliphatic heterocycles. The molecule has 3 nitrogen and oxygen atoms in total. The zero-order chi connectivity index (χ0) is 14.0. The number of carboxylic acids is 1. The minimum absolute atomic E-state index is 0.193. The monoisotopic (exact) mass is 260 g/mol. The summed E-state index contributed by atoms with van der Waals surface area (Å²) in [6, 6.07) is 5.67. The lowest BCUT2D eigenvalue weighted by Crippen LogP contribution is -2.29. The Bertz CT molecular complexity index is 503. The van der Waals surface area contributed by atoms with Crippen LogP contribution >= 0.6 is 0 Å². The first-order chi connectivity index (χ1) is 9.00. The van der Waals surface area contributed by atoms with Crippen LogP contribution in [0.25, 0.3) is 0 Å². The molecule has 0 amide bonds. The highest BCUT2D eigenvalue weighted by Crippen LogP contribution is 2.25. The fourth-order valence-corrected chi connectivity index (χ4v) is 2.77. The van der Waals surface area contributed by atoms with Gasteiger partial charge < -0.3 is 5.11 Å². The molecule has 0 aromatic heterocycles. The maximum absolute atomic E-state index is 12.3. The van der Waals surface area contributed by atoms with Gasteiger partial charge in [0.1, 0.15) is 5.92 Å². The SMILES string of the molecule is CC(C)C(C(=O)O)C(=O)c1ccc2c(c1)CCCC2. The molecule has 1 aromatic rings. The molecule has 1 aliphatic rings. The third-order valence-corrected chi connectivity index (χ3v) is 3.85. The van der Waals surface area contributed by atoms with Crippen LogP contribution in [0.2, 0.25) is 0 Å². The Balaban J connectivity index is 2.30. The van der Waals surface area contributed by atoms with Crippen LogP contribution in [0.5, 0.6) is 0 Å². The minimum Gasteiger partial charge on any atom is -0.481 e. The Morgan fingerprint density at radius 3 is 2.32 bits per heavy atom. The summed E-state index contributed by atoms with van der Waals surface area (Å²) in [5.74, 6) is -2.43. The third kappa shape index (κ3) is 2.86. The number of aliphatic carboxylic acids is 1. The molecule has 0 saturated carbocycles. The number of aryl methyl sites for hydroxylation is 2. The minimum atomic E-state index is -1.03. The lowest BCUT2D eigenvalue weighted by atomic mass is 9.85. The summed E-state index contributed by atoms with van der Waals surface area (Å²) in [5, 5.41) is 9.19. The third-order valence-electron chi connectivity index (χ3n) is 3.85. The average molecular weight is 260 g/mol.